The van der Waals surface area contributed by atoms with E-state index in [1.54, 1.807) is 6.20 Å². The number of carbonyl (C=O) groups is 1. The summed E-state index contributed by atoms with van der Waals surface area (Å²) in [5.41, 5.74) is 1.40. The van der Waals surface area contributed by atoms with Gasteiger partial charge in [-0.05, 0) is 50.0 Å². The first kappa shape index (κ1) is 17.1. The van der Waals surface area contributed by atoms with Crippen molar-refractivity contribution in [2.75, 3.05) is 13.1 Å². The molecule has 2 amide bonds. The van der Waals surface area contributed by atoms with Gasteiger partial charge in [-0.25, -0.2) is 9.78 Å². The molecule has 2 N–H and O–H groups in total. The quantitative estimate of drug-likeness (QED) is 0.881. The van der Waals surface area contributed by atoms with Crippen LogP contribution >= 0.6 is 0 Å². The molecule has 0 bridgehead atoms. The van der Waals surface area contributed by atoms with E-state index in [4.69, 9.17) is 0 Å². The van der Waals surface area contributed by atoms with Crippen molar-refractivity contribution in [2.24, 2.45) is 5.92 Å². The molecular weight excluding hydrogens is 324 g/mol. The highest BCUT2D eigenvalue weighted by Gasteiger charge is 2.30. The lowest BCUT2D eigenvalue weighted by atomic mass is 9.97. The number of aromatic nitrogens is 2. The minimum Gasteiger partial charge on any atom is -0.348 e. The van der Waals surface area contributed by atoms with Crippen LogP contribution in [0.5, 0.6) is 0 Å². The van der Waals surface area contributed by atoms with E-state index in [0.29, 0.717) is 17.9 Å². The number of hydrogen-bond acceptors (Lipinski definition) is 2. The Morgan fingerprint density at radius 2 is 2.12 bits per heavy atom. The Kier molecular flexibility index (Phi) is 5.23. The molecule has 1 aromatic carbocycles. The third-order valence-electron chi connectivity index (χ3n) is 5.85. The van der Waals surface area contributed by atoms with Gasteiger partial charge >= 0.3 is 6.03 Å². The van der Waals surface area contributed by atoms with Crippen LogP contribution in [0.1, 0.15) is 49.4 Å². The number of piperidine rings is 1. The normalized spacial score (nSPS) is 26.0. The van der Waals surface area contributed by atoms with E-state index in [2.05, 4.69) is 45.6 Å². The Balaban J connectivity index is 1.27. The fourth-order valence-corrected chi connectivity index (χ4v) is 4.49. The molecule has 5 nitrogen and oxygen atoms in total. The minimum atomic E-state index is 0.103. The summed E-state index contributed by atoms with van der Waals surface area (Å²) in [5.74, 6) is 2.02. The zero-order valence-electron chi connectivity index (χ0n) is 15.2. The summed E-state index contributed by atoms with van der Waals surface area (Å²) in [6.07, 6.45) is 10.3. The molecule has 1 saturated heterocycles. The highest BCUT2D eigenvalue weighted by molar-refractivity contribution is 5.74. The van der Waals surface area contributed by atoms with Crippen molar-refractivity contribution in [3.63, 3.8) is 0 Å². The molecule has 0 spiro atoms. The predicted octanol–water partition coefficient (Wildman–Crippen LogP) is 3.71. The van der Waals surface area contributed by atoms with E-state index in [1.165, 1.54) is 12.0 Å². The molecule has 26 heavy (non-hydrogen) atoms. The lowest BCUT2D eigenvalue weighted by Crippen LogP contribution is -2.47. The van der Waals surface area contributed by atoms with E-state index in [-0.39, 0.29) is 6.03 Å². The van der Waals surface area contributed by atoms with Crippen LogP contribution in [-0.4, -0.2) is 40.0 Å². The van der Waals surface area contributed by atoms with Crippen molar-refractivity contribution in [3.8, 4) is 0 Å². The van der Waals surface area contributed by atoms with Gasteiger partial charge in [0.25, 0.3) is 0 Å². The second kappa shape index (κ2) is 7.94. The lowest BCUT2D eigenvalue weighted by molar-refractivity contribution is 0.174. The first-order valence-electron chi connectivity index (χ1n) is 9.86. The fraction of sp³-hybridized carbons (Fsp3) is 0.524. The van der Waals surface area contributed by atoms with Gasteiger partial charge in [-0.3, -0.25) is 0 Å². The van der Waals surface area contributed by atoms with Crippen molar-refractivity contribution in [2.45, 2.75) is 50.5 Å². The molecule has 3 unspecified atom stereocenters. The predicted molar refractivity (Wildman–Crippen MR) is 102 cm³/mol. The Morgan fingerprint density at radius 1 is 1.23 bits per heavy atom. The summed E-state index contributed by atoms with van der Waals surface area (Å²) in [6.45, 7) is 1.61. The molecule has 2 aliphatic rings. The first-order chi connectivity index (χ1) is 12.8. The minimum absolute atomic E-state index is 0.103. The zero-order valence-corrected chi connectivity index (χ0v) is 15.2. The molecule has 5 heteroatoms. The van der Waals surface area contributed by atoms with Crippen LogP contribution < -0.4 is 5.32 Å². The molecule has 1 aliphatic carbocycles. The number of urea groups is 1. The second-order valence-electron chi connectivity index (χ2n) is 7.77. The summed E-state index contributed by atoms with van der Waals surface area (Å²) in [5, 5.41) is 3.29. The van der Waals surface area contributed by atoms with Crippen molar-refractivity contribution in [1.29, 1.82) is 0 Å². The monoisotopic (exact) mass is 352 g/mol. The van der Waals surface area contributed by atoms with Crippen LogP contribution in [0.4, 0.5) is 4.79 Å². The maximum atomic E-state index is 12.7. The van der Waals surface area contributed by atoms with Gasteiger partial charge < -0.3 is 15.2 Å². The van der Waals surface area contributed by atoms with Crippen molar-refractivity contribution < 1.29 is 4.79 Å². The third kappa shape index (κ3) is 4.09. The van der Waals surface area contributed by atoms with Gasteiger partial charge in [0.05, 0.1) is 0 Å². The number of carbonyl (C=O) groups excluding carboxylic acids is 1. The summed E-state index contributed by atoms with van der Waals surface area (Å²) >= 11 is 0. The molecule has 138 valence electrons. The Morgan fingerprint density at radius 3 is 2.92 bits per heavy atom. The number of rotatable bonds is 4. The molecule has 0 radical (unpaired) electrons. The Labute approximate surface area is 155 Å². The third-order valence-corrected chi connectivity index (χ3v) is 5.85. The maximum Gasteiger partial charge on any atom is 0.317 e. The summed E-state index contributed by atoms with van der Waals surface area (Å²) < 4.78 is 0. The van der Waals surface area contributed by atoms with E-state index < -0.39 is 0 Å². The van der Waals surface area contributed by atoms with Gasteiger partial charge in [-0.2, -0.15) is 0 Å². The number of benzene rings is 1. The number of likely N-dealkylation sites (tertiary alicyclic amines) is 1. The average molecular weight is 352 g/mol. The van der Waals surface area contributed by atoms with Crippen LogP contribution in [-0.2, 0) is 6.42 Å². The highest BCUT2D eigenvalue weighted by atomic mass is 16.2. The number of amides is 2. The van der Waals surface area contributed by atoms with Gasteiger partial charge in [0, 0.05) is 37.4 Å². The molecule has 1 aliphatic heterocycles. The van der Waals surface area contributed by atoms with Crippen molar-refractivity contribution in [1.82, 2.24) is 20.2 Å². The van der Waals surface area contributed by atoms with Gasteiger partial charge in [0.1, 0.15) is 5.82 Å². The molecule has 2 fully saturated rings. The largest absolute Gasteiger partial charge is 0.348 e. The number of nitrogens with zero attached hydrogens (tertiary/aromatic N) is 2. The Bertz CT molecular complexity index is 700. The van der Waals surface area contributed by atoms with Gasteiger partial charge in [0.2, 0.25) is 0 Å². The second-order valence-corrected chi connectivity index (χ2v) is 7.77. The van der Waals surface area contributed by atoms with Crippen LogP contribution in [0.25, 0.3) is 0 Å². The van der Waals surface area contributed by atoms with Crippen molar-refractivity contribution in [3.05, 3.63) is 54.1 Å². The van der Waals surface area contributed by atoms with E-state index in [0.717, 1.165) is 51.0 Å². The van der Waals surface area contributed by atoms with Crippen LogP contribution in [0, 0.1) is 5.92 Å². The van der Waals surface area contributed by atoms with Crippen LogP contribution in [0.3, 0.4) is 0 Å². The average Bonchev–Trinajstić information content (AvgIpc) is 3.35. The van der Waals surface area contributed by atoms with Gasteiger partial charge in [-0.1, -0.05) is 30.3 Å². The molecular formula is C21H28N4O. The maximum absolute atomic E-state index is 12.7. The highest BCUT2D eigenvalue weighted by Crippen LogP contribution is 2.29. The van der Waals surface area contributed by atoms with Crippen LogP contribution in [0.15, 0.2) is 42.7 Å². The van der Waals surface area contributed by atoms with E-state index in [9.17, 15) is 4.79 Å². The molecule has 3 atom stereocenters. The van der Waals surface area contributed by atoms with E-state index in [1.807, 2.05) is 11.1 Å². The number of nitrogens with one attached hydrogen (secondary N) is 2. The summed E-state index contributed by atoms with van der Waals surface area (Å²) in [7, 11) is 0. The SMILES string of the molecule is O=C(NC1CCC(Cc2ccccc2)C1)N1CCCC(c2ncc[nH]2)C1. The van der Waals surface area contributed by atoms with Gasteiger partial charge in [0.15, 0.2) is 0 Å². The smallest absolute Gasteiger partial charge is 0.317 e. The number of imidazole rings is 1. The zero-order chi connectivity index (χ0) is 17.8. The van der Waals surface area contributed by atoms with Crippen molar-refractivity contribution >= 4 is 6.03 Å². The Hall–Kier alpha value is -2.30. The lowest BCUT2D eigenvalue weighted by Gasteiger charge is -2.32. The first-order valence-corrected chi connectivity index (χ1v) is 9.86. The summed E-state index contributed by atoms with van der Waals surface area (Å²) in [6, 6.07) is 11.1. The van der Waals surface area contributed by atoms with E-state index >= 15 is 0 Å². The molecule has 1 saturated carbocycles. The van der Waals surface area contributed by atoms with Gasteiger partial charge in [-0.15, -0.1) is 0 Å². The topological polar surface area (TPSA) is 61.0 Å². The fourth-order valence-electron chi connectivity index (χ4n) is 4.49. The summed E-state index contributed by atoms with van der Waals surface area (Å²) in [4.78, 5) is 22.3. The number of hydrogen-bond donors (Lipinski definition) is 2. The number of aromatic amines is 1. The molecule has 2 heterocycles. The van der Waals surface area contributed by atoms with Crippen LogP contribution in [0.2, 0.25) is 0 Å². The number of H-pyrrole nitrogens is 1. The standard InChI is InChI=1S/C21H28N4O/c26-21(25-12-4-7-18(15-25)20-22-10-11-23-20)24-19-9-8-17(14-19)13-16-5-2-1-3-6-16/h1-3,5-6,10-11,17-19H,4,7-9,12-15H2,(H,22,23)(H,24,26). The molecule has 4 rings (SSSR count). The molecule has 2 aromatic rings. The molecule has 1 aromatic heterocycles.